The first-order chi connectivity index (χ1) is 8.95. The second-order valence-corrected chi connectivity index (χ2v) is 6.20. The Morgan fingerprint density at radius 3 is 2.21 bits per heavy atom. The maximum Gasteiger partial charge on any atom is 0.126 e. The number of halogens is 3. The van der Waals surface area contributed by atoms with Gasteiger partial charge in [0.15, 0.2) is 0 Å². The van der Waals surface area contributed by atoms with Gasteiger partial charge in [-0.1, -0.05) is 11.6 Å². The lowest BCUT2D eigenvalue weighted by molar-refractivity contribution is 0.492. The van der Waals surface area contributed by atoms with Crippen LogP contribution in [0.5, 0.6) is 0 Å². The minimum Gasteiger partial charge on any atom is -0.303 e. The normalized spacial score (nSPS) is 14.4. The largest absolute Gasteiger partial charge is 0.303 e. The summed E-state index contributed by atoms with van der Waals surface area (Å²) in [6.45, 7) is 3.87. The van der Waals surface area contributed by atoms with Crippen LogP contribution in [0.15, 0.2) is 30.3 Å². The van der Waals surface area contributed by atoms with E-state index in [-0.39, 0.29) is 12.1 Å². The lowest BCUT2D eigenvalue weighted by Gasteiger charge is -2.19. The summed E-state index contributed by atoms with van der Waals surface area (Å²) in [5, 5.41) is 3.30. The number of hydrogen-bond acceptors (Lipinski definition) is 2. The average molecular weight is 302 g/mol. The predicted molar refractivity (Wildman–Crippen MR) is 75.7 cm³/mol. The molecule has 5 heteroatoms. The fraction of sp³-hybridized carbons (Fsp3) is 0.286. The Hall–Kier alpha value is -0.970. The molecule has 19 heavy (non-hydrogen) atoms. The Morgan fingerprint density at radius 1 is 1.05 bits per heavy atom. The number of thiophene rings is 1. The first-order valence-corrected chi connectivity index (χ1v) is 7.12. The summed E-state index contributed by atoms with van der Waals surface area (Å²) in [4.78, 5) is 1.09. The minimum absolute atomic E-state index is 0.0684. The van der Waals surface area contributed by atoms with Gasteiger partial charge in [0.25, 0.3) is 0 Å². The molecule has 2 atom stereocenters. The molecule has 1 aromatic heterocycles. The van der Waals surface area contributed by atoms with Crippen molar-refractivity contribution in [3.05, 3.63) is 56.7 Å². The van der Waals surface area contributed by atoms with Crippen molar-refractivity contribution in [3.63, 3.8) is 0 Å². The summed E-state index contributed by atoms with van der Waals surface area (Å²) in [7, 11) is 0. The smallest absolute Gasteiger partial charge is 0.126 e. The minimum atomic E-state index is -0.560. The highest BCUT2D eigenvalue weighted by Crippen LogP contribution is 2.28. The van der Waals surface area contributed by atoms with Gasteiger partial charge in [-0.05, 0) is 43.7 Å². The highest BCUT2D eigenvalue weighted by molar-refractivity contribution is 7.16. The van der Waals surface area contributed by atoms with Crippen LogP contribution in [0, 0.1) is 11.6 Å². The molecule has 1 N–H and O–H groups in total. The van der Waals surface area contributed by atoms with Gasteiger partial charge in [0.05, 0.1) is 4.34 Å². The molecular formula is C14H14ClF2NS. The highest BCUT2D eigenvalue weighted by atomic mass is 35.5. The number of benzene rings is 1. The first kappa shape index (κ1) is 14.4. The Kier molecular flexibility index (Phi) is 4.55. The van der Waals surface area contributed by atoms with Crippen LogP contribution < -0.4 is 5.32 Å². The van der Waals surface area contributed by atoms with E-state index >= 15 is 0 Å². The second kappa shape index (κ2) is 5.99. The molecule has 2 unspecified atom stereocenters. The van der Waals surface area contributed by atoms with E-state index in [1.807, 2.05) is 26.0 Å². The summed E-state index contributed by atoms with van der Waals surface area (Å²) in [6.07, 6.45) is 0. The summed E-state index contributed by atoms with van der Waals surface area (Å²) in [6, 6.07) is 7.26. The Balaban J connectivity index is 2.10. The zero-order valence-electron chi connectivity index (χ0n) is 10.6. The molecule has 0 aliphatic rings. The number of hydrogen-bond donors (Lipinski definition) is 1. The monoisotopic (exact) mass is 301 g/mol. The van der Waals surface area contributed by atoms with Crippen LogP contribution in [0.4, 0.5) is 8.78 Å². The molecule has 102 valence electrons. The maximum atomic E-state index is 13.2. The van der Waals surface area contributed by atoms with Gasteiger partial charge >= 0.3 is 0 Å². The molecule has 0 radical (unpaired) electrons. The molecular weight excluding hydrogens is 288 g/mol. The highest BCUT2D eigenvalue weighted by Gasteiger charge is 2.14. The van der Waals surface area contributed by atoms with Gasteiger partial charge in [0, 0.05) is 23.0 Å². The Labute approximate surface area is 120 Å². The zero-order chi connectivity index (χ0) is 14.0. The van der Waals surface area contributed by atoms with E-state index in [1.54, 1.807) is 0 Å². The van der Waals surface area contributed by atoms with Gasteiger partial charge in [0.2, 0.25) is 0 Å². The van der Waals surface area contributed by atoms with Crippen LogP contribution in [0.25, 0.3) is 0 Å². The summed E-state index contributed by atoms with van der Waals surface area (Å²) >= 11 is 7.39. The molecule has 1 heterocycles. The third-order valence-corrected chi connectivity index (χ3v) is 4.32. The third kappa shape index (κ3) is 3.75. The van der Waals surface area contributed by atoms with Crippen molar-refractivity contribution < 1.29 is 8.78 Å². The van der Waals surface area contributed by atoms with Gasteiger partial charge in [-0.15, -0.1) is 11.3 Å². The van der Waals surface area contributed by atoms with Gasteiger partial charge < -0.3 is 5.32 Å². The predicted octanol–water partition coefficient (Wildman–Crippen LogP) is 5.09. The molecule has 0 bridgehead atoms. The molecule has 0 aliphatic carbocycles. The topological polar surface area (TPSA) is 12.0 Å². The molecule has 0 fully saturated rings. The van der Waals surface area contributed by atoms with Crippen molar-refractivity contribution in [2.75, 3.05) is 0 Å². The van der Waals surface area contributed by atoms with Crippen molar-refractivity contribution in [2.45, 2.75) is 25.9 Å². The quantitative estimate of drug-likeness (QED) is 0.829. The summed E-state index contributed by atoms with van der Waals surface area (Å²) < 4.78 is 27.1. The van der Waals surface area contributed by atoms with E-state index in [0.717, 1.165) is 15.3 Å². The zero-order valence-corrected chi connectivity index (χ0v) is 12.2. The summed E-state index contributed by atoms with van der Waals surface area (Å²) in [5.41, 5.74) is 0.590. The van der Waals surface area contributed by atoms with E-state index in [9.17, 15) is 8.78 Å². The first-order valence-electron chi connectivity index (χ1n) is 5.93. The fourth-order valence-electron chi connectivity index (χ4n) is 1.94. The van der Waals surface area contributed by atoms with Gasteiger partial charge in [-0.25, -0.2) is 8.78 Å². The standard InChI is InChI=1S/C14H14ClF2NS/c1-8(10-5-11(16)7-12(17)6-10)18-9(2)13-3-4-14(15)19-13/h3-9,18H,1-2H3. The summed E-state index contributed by atoms with van der Waals surface area (Å²) in [5.74, 6) is -1.12. The van der Waals surface area contributed by atoms with E-state index in [4.69, 9.17) is 11.6 Å². The SMILES string of the molecule is CC(NC(C)c1ccc(Cl)s1)c1cc(F)cc(F)c1. The number of nitrogens with one attached hydrogen (secondary N) is 1. The second-order valence-electron chi connectivity index (χ2n) is 4.45. The average Bonchev–Trinajstić information content (AvgIpc) is 2.74. The van der Waals surface area contributed by atoms with Crippen molar-refractivity contribution in [2.24, 2.45) is 0 Å². The molecule has 1 nitrogen and oxygen atoms in total. The van der Waals surface area contributed by atoms with Crippen LogP contribution in [-0.4, -0.2) is 0 Å². The molecule has 0 spiro atoms. The van der Waals surface area contributed by atoms with Gasteiger partial charge in [0.1, 0.15) is 11.6 Å². The lowest BCUT2D eigenvalue weighted by atomic mass is 10.1. The van der Waals surface area contributed by atoms with Crippen molar-refractivity contribution >= 4 is 22.9 Å². The van der Waals surface area contributed by atoms with Crippen LogP contribution in [-0.2, 0) is 0 Å². The van der Waals surface area contributed by atoms with Crippen LogP contribution in [0.1, 0.15) is 36.4 Å². The van der Waals surface area contributed by atoms with Crippen LogP contribution in [0.3, 0.4) is 0 Å². The van der Waals surface area contributed by atoms with E-state index in [0.29, 0.717) is 5.56 Å². The van der Waals surface area contributed by atoms with Crippen LogP contribution in [0.2, 0.25) is 4.34 Å². The molecule has 0 saturated heterocycles. The van der Waals surface area contributed by atoms with Crippen molar-refractivity contribution in [3.8, 4) is 0 Å². The lowest BCUT2D eigenvalue weighted by Crippen LogP contribution is -2.22. The fourth-order valence-corrected chi connectivity index (χ4v) is 3.01. The number of rotatable bonds is 4. The molecule has 2 aromatic rings. The van der Waals surface area contributed by atoms with E-state index < -0.39 is 11.6 Å². The Bertz CT molecular complexity index is 550. The van der Waals surface area contributed by atoms with Gasteiger partial charge in [-0.2, -0.15) is 0 Å². The molecule has 1 aromatic carbocycles. The van der Waals surface area contributed by atoms with Crippen molar-refractivity contribution in [1.29, 1.82) is 0 Å². The van der Waals surface area contributed by atoms with E-state index in [1.165, 1.54) is 23.5 Å². The third-order valence-electron chi connectivity index (χ3n) is 2.91. The van der Waals surface area contributed by atoms with Crippen LogP contribution >= 0.6 is 22.9 Å². The molecule has 0 saturated carbocycles. The van der Waals surface area contributed by atoms with E-state index in [2.05, 4.69) is 5.32 Å². The molecule has 0 aliphatic heterocycles. The maximum absolute atomic E-state index is 13.2. The molecule has 2 rings (SSSR count). The van der Waals surface area contributed by atoms with Crippen molar-refractivity contribution in [1.82, 2.24) is 5.32 Å². The molecule has 0 amide bonds. The van der Waals surface area contributed by atoms with Gasteiger partial charge in [-0.3, -0.25) is 0 Å². The Morgan fingerprint density at radius 2 is 1.68 bits per heavy atom.